The highest BCUT2D eigenvalue weighted by molar-refractivity contribution is 6.09. The summed E-state index contributed by atoms with van der Waals surface area (Å²) in [6.45, 7) is 3.17. The summed E-state index contributed by atoms with van der Waals surface area (Å²) in [5, 5.41) is 2.37. The van der Waals surface area contributed by atoms with E-state index in [1.54, 1.807) is 25.1 Å². The molecule has 3 aromatic carbocycles. The second-order valence-corrected chi connectivity index (χ2v) is 9.90. The van der Waals surface area contributed by atoms with Crippen molar-refractivity contribution in [1.29, 1.82) is 0 Å². The monoisotopic (exact) mass is 652 g/mol. The van der Waals surface area contributed by atoms with E-state index in [9.17, 15) is 23.6 Å². The van der Waals surface area contributed by atoms with Crippen LogP contribution in [0.1, 0.15) is 24.2 Å². The number of anilines is 2. The van der Waals surface area contributed by atoms with Crippen LogP contribution in [0.15, 0.2) is 126 Å². The summed E-state index contributed by atoms with van der Waals surface area (Å²) in [4.78, 5) is 56.6. The van der Waals surface area contributed by atoms with Gasteiger partial charge in [-0.1, -0.05) is 18.2 Å². The molecule has 13 heteroatoms. The van der Waals surface area contributed by atoms with Gasteiger partial charge in [0.15, 0.2) is 5.82 Å². The molecule has 3 amide bonds. The fourth-order valence-electron chi connectivity index (χ4n) is 4.18. The number of carbonyl (C=O) groups excluding carboxylic acids is 3. The van der Waals surface area contributed by atoms with Crippen molar-refractivity contribution in [2.45, 2.75) is 13.8 Å². The molecule has 0 spiro atoms. The SMILES string of the molecule is C/C=C(\C)OC(=O)N(C(=O)Oc1ccccc1)c1cc(Oc2ccc(NC(=O)c3cccn(-c4ccc(F)cc4)c3=O)c(F)c2)ccn1. The third kappa shape index (κ3) is 7.77. The molecule has 5 rings (SSSR count). The number of benzene rings is 3. The predicted octanol–water partition coefficient (Wildman–Crippen LogP) is 7.62. The number of nitrogens with one attached hydrogen (secondary N) is 1. The predicted molar refractivity (Wildman–Crippen MR) is 172 cm³/mol. The quantitative estimate of drug-likeness (QED) is 0.170. The molecule has 48 heavy (non-hydrogen) atoms. The van der Waals surface area contributed by atoms with E-state index in [-0.39, 0.29) is 40.1 Å². The van der Waals surface area contributed by atoms with Crippen molar-refractivity contribution < 1.29 is 37.4 Å². The number of allylic oxidation sites excluding steroid dienone is 2. The minimum absolute atomic E-state index is 0.00762. The third-order valence-corrected chi connectivity index (χ3v) is 6.64. The second-order valence-electron chi connectivity index (χ2n) is 9.90. The molecule has 0 radical (unpaired) electrons. The maximum atomic E-state index is 15.1. The molecule has 242 valence electrons. The summed E-state index contributed by atoms with van der Waals surface area (Å²) in [7, 11) is 0. The number of pyridine rings is 2. The number of halogens is 2. The molecule has 2 heterocycles. The number of carbonyl (C=O) groups is 3. The molecule has 0 fully saturated rings. The number of para-hydroxylation sites is 1. The molecule has 0 bridgehead atoms. The zero-order valence-electron chi connectivity index (χ0n) is 25.4. The van der Waals surface area contributed by atoms with Crippen molar-refractivity contribution in [1.82, 2.24) is 9.55 Å². The van der Waals surface area contributed by atoms with Gasteiger partial charge in [-0.25, -0.2) is 23.4 Å². The Bertz CT molecular complexity index is 2070. The standard InChI is InChI=1S/C35H26F2N4O7/c1-3-22(2)46-34(44)41(35(45)48-25-8-5-4-6-9-25)31-21-27(17-18-38-31)47-26-15-16-30(29(37)20-26)39-32(42)28-10-7-19-40(33(28)43)24-13-11-23(36)12-14-24/h3-21H,1-2H3,(H,39,42)/b22-3+. The fourth-order valence-corrected chi connectivity index (χ4v) is 4.18. The highest BCUT2D eigenvalue weighted by atomic mass is 19.1. The first kappa shape index (κ1) is 32.8. The maximum Gasteiger partial charge on any atom is 0.430 e. The van der Waals surface area contributed by atoms with Crippen LogP contribution >= 0.6 is 0 Å². The normalized spacial score (nSPS) is 11.0. The molecule has 0 aliphatic carbocycles. The summed E-state index contributed by atoms with van der Waals surface area (Å²) < 4.78 is 45.9. The second kappa shape index (κ2) is 14.6. The van der Waals surface area contributed by atoms with Gasteiger partial charge >= 0.3 is 12.2 Å². The van der Waals surface area contributed by atoms with E-state index in [2.05, 4.69) is 10.3 Å². The van der Waals surface area contributed by atoms with Gasteiger partial charge in [-0.15, -0.1) is 0 Å². The van der Waals surface area contributed by atoms with Gasteiger partial charge in [-0.3, -0.25) is 14.2 Å². The van der Waals surface area contributed by atoms with E-state index in [1.807, 2.05) is 0 Å². The Morgan fingerprint density at radius 2 is 1.58 bits per heavy atom. The maximum absolute atomic E-state index is 15.1. The Labute approximate surface area is 272 Å². The van der Waals surface area contributed by atoms with Gasteiger partial charge in [-0.2, -0.15) is 4.90 Å². The van der Waals surface area contributed by atoms with E-state index >= 15 is 4.39 Å². The first-order valence-electron chi connectivity index (χ1n) is 14.3. The average molecular weight is 653 g/mol. The summed E-state index contributed by atoms with van der Waals surface area (Å²) in [5.74, 6) is -2.00. The van der Waals surface area contributed by atoms with Gasteiger partial charge < -0.3 is 19.5 Å². The fraction of sp³-hybridized carbons (Fsp3) is 0.0571. The van der Waals surface area contributed by atoms with Crippen molar-refractivity contribution in [2.75, 3.05) is 10.2 Å². The van der Waals surface area contributed by atoms with Crippen molar-refractivity contribution in [3.8, 4) is 22.9 Å². The van der Waals surface area contributed by atoms with Gasteiger partial charge in [0.25, 0.3) is 11.5 Å². The Morgan fingerprint density at radius 1 is 0.854 bits per heavy atom. The molecule has 0 saturated heterocycles. The van der Waals surface area contributed by atoms with Gasteiger partial charge in [-0.05, 0) is 86.7 Å². The van der Waals surface area contributed by atoms with Crippen LogP contribution in [0.4, 0.5) is 29.9 Å². The van der Waals surface area contributed by atoms with Crippen LogP contribution in [0.2, 0.25) is 0 Å². The Kier molecular flexibility index (Phi) is 9.99. The van der Waals surface area contributed by atoms with Crippen molar-refractivity contribution in [2.24, 2.45) is 0 Å². The minimum atomic E-state index is -1.10. The first-order valence-corrected chi connectivity index (χ1v) is 14.3. The molecule has 1 N–H and O–H groups in total. The van der Waals surface area contributed by atoms with Crippen LogP contribution in [0.3, 0.4) is 0 Å². The topological polar surface area (TPSA) is 129 Å². The molecular weight excluding hydrogens is 626 g/mol. The molecular formula is C35H26F2N4O7. The number of imide groups is 1. The van der Waals surface area contributed by atoms with Crippen LogP contribution in [-0.2, 0) is 4.74 Å². The van der Waals surface area contributed by atoms with E-state index in [1.165, 1.54) is 98.2 Å². The van der Waals surface area contributed by atoms with Gasteiger partial charge in [0.05, 0.1) is 5.69 Å². The molecule has 0 atom stereocenters. The first-order chi connectivity index (χ1) is 23.1. The molecule has 5 aromatic rings. The van der Waals surface area contributed by atoms with Crippen LogP contribution in [0.5, 0.6) is 17.2 Å². The zero-order chi connectivity index (χ0) is 34.2. The number of hydrogen-bond donors (Lipinski definition) is 1. The summed E-state index contributed by atoms with van der Waals surface area (Å²) >= 11 is 0. The molecule has 0 saturated carbocycles. The van der Waals surface area contributed by atoms with Crippen LogP contribution < -0.4 is 25.2 Å². The highest BCUT2D eigenvalue weighted by Crippen LogP contribution is 2.28. The lowest BCUT2D eigenvalue weighted by molar-refractivity contribution is 0.102. The molecule has 0 unspecified atom stereocenters. The minimum Gasteiger partial charge on any atom is -0.457 e. The molecule has 11 nitrogen and oxygen atoms in total. The van der Waals surface area contributed by atoms with E-state index in [0.29, 0.717) is 10.6 Å². The Hall–Kier alpha value is -6.63. The van der Waals surface area contributed by atoms with Crippen molar-refractivity contribution in [3.63, 3.8) is 0 Å². The number of nitrogens with zero attached hydrogens (tertiary/aromatic N) is 3. The highest BCUT2D eigenvalue weighted by Gasteiger charge is 2.29. The summed E-state index contributed by atoms with van der Waals surface area (Å²) in [5.41, 5.74) is -0.869. The lowest BCUT2D eigenvalue weighted by atomic mass is 10.2. The number of ether oxygens (including phenoxy) is 3. The average Bonchev–Trinajstić information content (AvgIpc) is 3.07. The van der Waals surface area contributed by atoms with E-state index in [4.69, 9.17) is 14.2 Å². The largest absolute Gasteiger partial charge is 0.457 e. The van der Waals surface area contributed by atoms with Crippen LogP contribution in [0, 0.1) is 11.6 Å². The number of amides is 3. The van der Waals surface area contributed by atoms with E-state index in [0.717, 1.165) is 10.6 Å². The van der Waals surface area contributed by atoms with Crippen molar-refractivity contribution >= 4 is 29.6 Å². The van der Waals surface area contributed by atoms with E-state index < -0.39 is 35.3 Å². The zero-order valence-corrected chi connectivity index (χ0v) is 25.4. The van der Waals surface area contributed by atoms with Gasteiger partial charge in [0.2, 0.25) is 0 Å². The summed E-state index contributed by atoms with van der Waals surface area (Å²) in [6.07, 6.45) is 2.00. The molecule has 2 aromatic heterocycles. The third-order valence-electron chi connectivity index (χ3n) is 6.64. The number of rotatable bonds is 8. The van der Waals surface area contributed by atoms with Crippen LogP contribution in [0.25, 0.3) is 5.69 Å². The van der Waals surface area contributed by atoms with Crippen LogP contribution in [-0.4, -0.2) is 27.6 Å². The molecule has 0 aliphatic heterocycles. The Morgan fingerprint density at radius 3 is 2.29 bits per heavy atom. The summed E-state index contributed by atoms with van der Waals surface area (Å²) in [6, 6.07) is 22.1. The lowest BCUT2D eigenvalue weighted by Crippen LogP contribution is -2.39. The number of aromatic nitrogens is 2. The smallest absolute Gasteiger partial charge is 0.430 e. The van der Waals surface area contributed by atoms with Crippen molar-refractivity contribution in [3.05, 3.63) is 149 Å². The number of hydrogen-bond acceptors (Lipinski definition) is 8. The van der Waals surface area contributed by atoms with Gasteiger partial charge in [0, 0.05) is 30.2 Å². The van der Waals surface area contributed by atoms with Gasteiger partial charge in [0.1, 0.15) is 40.2 Å². The molecule has 0 aliphatic rings. The lowest BCUT2D eigenvalue weighted by Gasteiger charge is -2.19. The Balaban J connectivity index is 1.33.